The van der Waals surface area contributed by atoms with E-state index in [4.69, 9.17) is 0 Å². The van der Waals surface area contributed by atoms with Crippen molar-refractivity contribution in [2.45, 2.75) is 37.6 Å². The maximum Gasteiger partial charge on any atom is 0.212 e. The molecule has 3 aromatic rings. The van der Waals surface area contributed by atoms with Crippen molar-refractivity contribution in [3.63, 3.8) is 0 Å². The van der Waals surface area contributed by atoms with E-state index in [2.05, 4.69) is 65.5 Å². The Bertz CT molecular complexity index is 840. The van der Waals surface area contributed by atoms with Crippen molar-refractivity contribution in [2.24, 2.45) is 5.10 Å². The summed E-state index contributed by atoms with van der Waals surface area (Å²) in [6.07, 6.45) is 3.77. The van der Waals surface area contributed by atoms with Gasteiger partial charge in [0, 0.05) is 12.2 Å². The van der Waals surface area contributed by atoms with Crippen LogP contribution in [0.15, 0.2) is 64.9 Å². The fourth-order valence-electron chi connectivity index (χ4n) is 2.45. The molecular weight excluding hydrogens is 328 g/mol. The Hall–Kier alpha value is -2.40. The average molecular weight is 350 g/mol. The highest BCUT2D eigenvalue weighted by Gasteiger charge is 2.11. The van der Waals surface area contributed by atoms with Gasteiger partial charge in [-0.05, 0) is 30.0 Å². The van der Waals surface area contributed by atoms with Gasteiger partial charge in [-0.15, -0.1) is 10.2 Å². The summed E-state index contributed by atoms with van der Waals surface area (Å²) in [6.45, 7) is 4.23. The fraction of sp³-hybridized carbons (Fsp3) is 0.250. The van der Waals surface area contributed by atoms with Crippen LogP contribution in [-0.2, 0) is 12.2 Å². The Morgan fingerprint density at radius 2 is 1.80 bits per heavy atom. The van der Waals surface area contributed by atoms with Crippen LogP contribution in [-0.4, -0.2) is 21.1 Å². The van der Waals surface area contributed by atoms with Crippen LogP contribution in [0.3, 0.4) is 0 Å². The van der Waals surface area contributed by atoms with E-state index >= 15 is 0 Å². The van der Waals surface area contributed by atoms with E-state index in [1.54, 1.807) is 11.8 Å². The molecule has 2 aromatic carbocycles. The van der Waals surface area contributed by atoms with Crippen molar-refractivity contribution < 1.29 is 0 Å². The highest BCUT2D eigenvalue weighted by Crippen LogP contribution is 2.22. The van der Waals surface area contributed by atoms with Gasteiger partial charge < -0.3 is 0 Å². The first-order valence-corrected chi connectivity index (χ1v) is 9.47. The lowest BCUT2D eigenvalue weighted by atomic mass is 10.1. The van der Waals surface area contributed by atoms with Crippen molar-refractivity contribution in [1.82, 2.24) is 14.9 Å². The molecule has 0 aliphatic heterocycles. The molecule has 128 valence electrons. The minimum absolute atomic E-state index is 0.831. The Kier molecular flexibility index (Phi) is 6.01. The number of benzene rings is 2. The molecule has 0 saturated heterocycles. The number of hydrogen-bond donors (Lipinski definition) is 0. The Morgan fingerprint density at radius 3 is 2.56 bits per heavy atom. The topological polar surface area (TPSA) is 43.1 Å². The van der Waals surface area contributed by atoms with Gasteiger partial charge in [0.1, 0.15) is 0 Å². The molecule has 0 bridgehead atoms. The molecule has 3 rings (SSSR count). The predicted octanol–water partition coefficient (Wildman–Crippen LogP) is 4.71. The first-order valence-electron chi connectivity index (χ1n) is 8.49. The highest BCUT2D eigenvalue weighted by molar-refractivity contribution is 7.98. The summed E-state index contributed by atoms with van der Waals surface area (Å²) < 4.78 is 1.88. The molecule has 25 heavy (non-hydrogen) atoms. The Morgan fingerprint density at radius 1 is 1.04 bits per heavy atom. The molecule has 0 unspecified atom stereocenters. The Balaban J connectivity index is 1.83. The predicted molar refractivity (Wildman–Crippen MR) is 104 cm³/mol. The van der Waals surface area contributed by atoms with E-state index in [-0.39, 0.29) is 0 Å². The number of nitrogens with zero attached hydrogens (tertiary/aromatic N) is 4. The van der Waals surface area contributed by atoms with Crippen LogP contribution < -0.4 is 0 Å². The molecule has 1 aromatic heterocycles. The molecule has 0 atom stereocenters. The zero-order chi connectivity index (χ0) is 17.5. The third-order valence-electron chi connectivity index (χ3n) is 3.86. The Labute approximate surface area is 153 Å². The van der Waals surface area contributed by atoms with Gasteiger partial charge in [-0.1, -0.05) is 73.3 Å². The van der Waals surface area contributed by atoms with E-state index in [9.17, 15) is 0 Å². The normalized spacial score (nSPS) is 11.3. The molecule has 0 amide bonds. The molecule has 4 nitrogen and oxygen atoms in total. The fourth-order valence-corrected chi connectivity index (χ4v) is 3.32. The maximum atomic E-state index is 4.67. The van der Waals surface area contributed by atoms with Crippen molar-refractivity contribution in [3.8, 4) is 0 Å². The van der Waals surface area contributed by atoms with Gasteiger partial charge in [-0.2, -0.15) is 9.78 Å². The summed E-state index contributed by atoms with van der Waals surface area (Å²) in [6, 6.07) is 18.6. The summed E-state index contributed by atoms with van der Waals surface area (Å²) in [5.41, 5.74) is 3.58. The van der Waals surface area contributed by atoms with E-state index in [1.165, 1.54) is 11.1 Å². The number of aryl methyl sites for hydroxylation is 2. The van der Waals surface area contributed by atoms with Crippen LogP contribution in [0.1, 0.15) is 35.9 Å². The van der Waals surface area contributed by atoms with E-state index in [0.29, 0.717) is 0 Å². The number of rotatable bonds is 7. The molecule has 5 heteroatoms. The smallest absolute Gasteiger partial charge is 0.191 e. The minimum Gasteiger partial charge on any atom is -0.191 e. The number of thioether (sulfide) groups is 1. The first kappa shape index (κ1) is 17.4. The van der Waals surface area contributed by atoms with Gasteiger partial charge in [-0.3, -0.25) is 0 Å². The third kappa shape index (κ3) is 4.57. The minimum atomic E-state index is 0.831. The zero-order valence-electron chi connectivity index (χ0n) is 14.6. The lowest BCUT2D eigenvalue weighted by Crippen LogP contribution is -2.01. The van der Waals surface area contributed by atoms with Crippen molar-refractivity contribution in [3.05, 3.63) is 77.1 Å². The second-order valence-electron chi connectivity index (χ2n) is 5.84. The SMILES string of the molecule is CCCc1nnc(SCc2ccccc2)n1/N=C\c1ccccc1C. The maximum absolute atomic E-state index is 4.67. The van der Waals surface area contributed by atoms with Gasteiger partial charge in [-0.25, -0.2) is 0 Å². The summed E-state index contributed by atoms with van der Waals surface area (Å²) >= 11 is 1.66. The van der Waals surface area contributed by atoms with E-state index < -0.39 is 0 Å². The number of hydrogen-bond acceptors (Lipinski definition) is 4. The van der Waals surface area contributed by atoms with Crippen molar-refractivity contribution in [2.75, 3.05) is 0 Å². The summed E-state index contributed by atoms with van der Waals surface area (Å²) in [4.78, 5) is 0. The van der Waals surface area contributed by atoms with Gasteiger partial charge in [0.25, 0.3) is 0 Å². The molecule has 0 fully saturated rings. The molecule has 0 spiro atoms. The van der Waals surface area contributed by atoms with Gasteiger partial charge in [0.15, 0.2) is 5.82 Å². The molecule has 1 heterocycles. The molecule has 0 radical (unpaired) electrons. The van der Waals surface area contributed by atoms with Crippen LogP contribution >= 0.6 is 11.8 Å². The van der Waals surface area contributed by atoms with E-state index in [0.717, 1.165) is 35.1 Å². The average Bonchev–Trinajstić information content (AvgIpc) is 3.02. The summed E-state index contributed by atoms with van der Waals surface area (Å²) in [5.74, 6) is 1.76. The van der Waals surface area contributed by atoms with Crippen molar-refractivity contribution in [1.29, 1.82) is 0 Å². The van der Waals surface area contributed by atoms with E-state index in [1.807, 2.05) is 29.1 Å². The lowest BCUT2D eigenvalue weighted by molar-refractivity contribution is 0.700. The van der Waals surface area contributed by atoms with Gasteiger partial charge in [0.2, 0.25) is 5.16 Å². The molecule has 0 aliphatic rings. The molecule has 0 aliphatic carbocycles. The quantitative estimate of drug-likeness (QED) is 0.458. The monoisotopic (exact) mass is 350 g/mol. The summed E-state index contributed by atoms with van der Waals surface area (Å²) in [7, 11) is 0. The zero-order valence-corrected chi connectivity index (χ0v) is 15.4. The second kappa shape index (κ2) is 8.62. The van der Waals surface area contributed by atoms with Crippen LogP contribution in [0.25, 0.3) is 0 Å². The molecule has 0 saturated carbocycles. The van der Waals surface area contributed by atoms with Crippen LogP contribution in [0, 0.1) is 6.92 Å². The second-order valence-corrected chi connectivity index (χ2v) is 6.78. The standard InChI is InChI=1S/C20H22N4S/c1-3-9-19-22-23-20(25-15-17-11-5-4-6-12-17)24(19)21-14-18-13-8-7-10-16(18)2/h4-8,10-14H,3,9,15H2,1-2H3/b21-14-. The van der Waals surface area contributed by atoms with Crippen LogP contribution in [0.5, 0.6) is 0 Å². The van der Waals surface area contributed by atoms with Crippen LogP contribution in [0.4, 0.5) is 0 Å². The van der Waals surface area contributed by atoms with Crippen molar-refractivity contribution >= 4 is 18.0 Å². The molecule has 0 N–H and O–H groups in total. The highest BCUT2D eigenvalue weighted by atomic mass is 32.2. The van der Waals surface area contributed by atoms with Gasteiger partial charge >= 0.3 is 0 Å². The lowest BCUT2D eigenvalue weighted by Gasteiger charge is -2.05. The summed E-state index contributed by atoms with van der Waals surface area (Å²) in [5, 5.41) is 14.2. The molecular formula is C20H22N4S. The largest absolute Gasteiger partial charge is 0.212 e. The number of aromatic nitrogens is 3. The first-order chi connectivity index (χ1) is 12.3. The van der Waals surface area contributed by atoms with Gasteiger partial charge in [0.05, 0.1) is 6.21 Å². The third-order valence-corrected chi connectivity index (χ3v) is 4.85. The van der Waals surface area contributed by atoms with Crippen LogP contribution in [0.2, 0.25) is 0 Å².